The predicted molar refractivity (Wildman–Crippen MR) is 131 cm³/mol. The van der Waals surface area contributed by atoms with Gasteiger partial charge >= 0.3 is 6.09 Å². The highest BCUT2D eigenvalue weighted by Crippen LogP contribution is 2.33. The first-order chi connectivity index (χ1) is 17.1. The Bertz CT molecular complexity index is 1220. The van der Waals surface area contributed by atoms with Crippen molar-refractivity contribution in [1.29, 1.82) is 5.26 Å². The zero-order chi connectivity index (χ0) is 24.2. The number of amides is 1. The molecule has 0 aliphatic carbocycles. The van der Waals surface area contributed by atoms with Gasteiger partial charge in [-0.1, -0.05) is 36.4 Å². The second-order valence-electron chi connectivity index (χ2n) is 9.05. The van der Waals surface area contributed by atoms with Gasteiger partial charge in [-0.2, -0.15) is 5.26 Å². The van der Waals surface area contributed by atoms with Crippen molar-refractivity contribution in [1.82, 2.24) is 14.8 Å². The summed E-state index contributed by atoms with van der Waals surface area (Å²) in [5, 5.41) is 8.93. The Morgan fingerprint density at radius 3 is 2.49 bits per heavy atom. The zero-order valence-electron chi connectivity index (χ0n) is 19.8. The number of aryl methyl sites for hydroxylation is 1. The van der Waals surface area contributed by atoms with Crippen LogP contribution in [0.2, 0.25) is 0 Å². The number of carbonyl (C=O) groups excluding carboxylic acids is 1. The maximum atomic E-state index is 12.5. The maximum Gasteiger partial charge on any atom is 0.410 e. The smallest absolute Gasteiger partial charge is 0.410 e. The van der Waals surface area contributed by atoms with Gasteiger partial charge in [0, 0.05) is 37.4 Å². The van der Waals surface area contributed by atoms with Gasteiger partial charge in [-0.15, -0.1) is 0 Å². The number of hydrogen-bond acceptors (Lipinski definition) is 6. The number of benzene rings is 2. The molecule has 5 rings (SSSR count). The lowest BCUT2D eigenvalue weighted by molar-refractivity contribution is 0.104. The summed E-state index contributed by atoms with van der Waals surface area (Å²) in [6, 6.07) is 23.4. The van der Waals surface area contributed by atoms with Crippen LogP contribution in [-0.4, -0.2) is 46.6 Å². The highest BCUT2D eigenvalue weighted by molar-refractivity contribution is 5.71. The first-order valence-electron chi connectivity index (χ1n) is 12.0. The third-order valence-electron chi connectivity index (χ3n) is 6.82. The van der Waals surface area contributed by atoms with Crippen molar-refractivity contribution in [3.63, 3.8) is 0 Å². The van der Waals surface area contributed by atoms with Crippen molar-refractivity contribution < 1.29 is 14.3 Å². The van der Waals surface area contributed by atoms with Crippen molar-refractivity contribution in [2.24, 2.45) is 0 Å². The average Bonchev–Trinajstić information content (AvgIpc) is 3.28. The van der Waals surface area contributed by atoms with Crippen LogP contribution in [0.25, 0.3) is 0 Å². The van der Waals surface area contributed by atoms with Gasteiger partial charge in [0.1, 0.15) is 12.4 Å². The second-order valence-corrected chi connectivity index (χ2v) is 9.05. The van der Waals surface area contributed by atoms with Crippen molar-refractivity contribution in [3.05, 3.63) is 89.1 Å². The second kappa shape index (κ2) is 10.2. The van der Waals surface area contributed by atoms with Crippen LogP contribution in [0.5, 0.6) is 11.6 Å². The van der Waals surface area contributed by atoms with E-state index in [4.69, 9.17) is 14.7 Å². The summed E-state index contributed by atoms with van der Waals surface area (Å²) in [5.41, 5.74) is 3.83. The van der Waals surface area contributed by atoms with Crippen LogP contribution in [0.1, 0.15) is 41.3 Å². The number of hydrogen-bond donors (Lipinski definition) is 0. The monoisotopic (exact) mass is 468 g/mol. The fourth-order valence-corrected chi connectivity index (χ4v) is 4.87. The number of nitrogens with zero attached hydrogens (tertiary/aromatic N) is 4. The fourth-order valence-electron chi connectivity index (χ4n) is 4.87. The third kappa shape index (κ3) is 5.13. The number of rotatable bonds is 6. The predicted octanol–water partition coefficient (Wildman–Crippen LogP) is 5.21. The molecule has 7 heteroatoms. The largest absolute Gasteiger partial charge is 0.447 e. The number of nitriles is 1. The summed E-state index contributed by atoms with van der Waals surface area (Å²) in [7, 11) is 0. The molecule has 1 atom stereocenters. The number of likely N-dealkylation sites (tertiary alicyclic amines) is 1. The summed E-state index contributed by atoms with van der Waals surface area (Å²) in [6.07, 6.45) is 1.64. The first kappa shape index (κ1) is 22.9. The van der Waals surface area contributed by atoms with Crippen LogP contribution in [0.4, 0.5) is 4.79 Å². The highest BCUT2D eigenvalue weighted by Gasteiger charge is 2.40. The SMILES string of the molecule is Cc1nc(Oc2ccc(C#N)cc2)ccc1CN1CCC(N2C(=O)OC[C@H]2c2ccccc2)CC1. The number of carbonyl (C=O) groups is 1. The van der Waals surface area contributed by atoms with E-state index in [1.807, 2.05) is 36.1 Å². The summed E-state index contributed by atoms with van der Waals surface area (Å²) in [6.45, 7) is 5.07. The molecule has 7 nitrogen and oxygen atoms in total. The van der Waals surface area contributed by atoms with E-state index in [0.29, 0.717) is 23.8 Å². The van der Waals surface area contributed by atoms with Crippen molar-refractivity contribution in [3.8, 4) is 17.7 Å². The number of cyclic esters (lactones) is 1. The molecule has 1 aromatic heterocycles. The van der Waals surface area contributed by atoms with Crippen LogP contribution in [-0.2, 0) is 11.3 Å². The number of piperidine rings is 1. The summed E-state index contributed by atoms with van der Waals surface area (Å²) in [5.74, 6) is 1.19. The molecular weight excluding hydrogens is 440 g/mol. The Morgan fingerprint density at radius 2 is 1.80 bits per heavy atom. The zero-order valence-corrected chi connectivity index (χ0v) is 19.8. The van der Waals surface area contributed by atoms with Gasteiger partial charge < -0.3 is 9.47 Å². The van der Waals surface area contributed by atoms with Crippen molar-refractivity contribution in [2.45, 2.75) is 38.4 Å². The van der Waals surface area contributed by atoms with E-state index in [-0.39, 0.29) is 18.2 Å². The van der Waals surface area contributed by atoms with Crippen LogP contribution >= 0.6 is 0 Å². The van der Waals surface area contributed by atoms with Crippen molar-refractivity contribution >= 4 is 6.09 Å². The standard InChI is InChI=1S/C28H28N4O3/c1-20-23(9-12-27(30-20)35-25-10-7-21(17-29)8-11-25)18-31-15-13-24(14-16-31)32-26(19-34-28(32)33)22-5-3-2-4-6-22/h2-12,24,26H,13-16,18-19H2,1H3/t26-/m0/s1. The highest BCUT2D eigenvalue weighted by atomic mass is 16.6. The van der Waals surface area contributed by atoms with E-state index >= 15 is 0 Å². The Balaban J connectivity index is 1.18. The van der Waals surface area contributed by atoms with E-state index in [1.54, 1.807) is 24.3 Å². The Hall–Kier alpha value is -3.89. The minimum absolute atomic E-state index is 0.00431. The molecule has 2 aliphatic rings. The fraction of sp³-hybridized carbons (Fsp3) is 0.321. The summed E-state index contributed by atoms with van der Waals surface area (Å²) < 4.78 is 11.3. The van der Waals surface area contributed by atoms with Crippen LogP contribution < -0.4 is 4.74 Å². The first-order valence-corrected chi connectivity index (χ1v) is 12.0. The lowest BCUT2D eigenvalue weighted by Crippen LogP contribution is -2.46. The molecule has 1 amide bonds. The summed E-state index contributed by atoms with van der Waals surface area (Å²) >= 11 is 0. The molecule has 0 radical (unpaired) electrons. The van der Waals surface area contributed by atoms with E-state index in [1.165, 1.54) is 5.56 Å². The normalized spacial score (nSPS) is 18.8. The Kier molecular flexibility index (Phi) is 6.64. The molecular formula is C28H28N4O3. The molecule has 2 saturated heterocycles. The van der Waals surface area contributed by atoms with Gasteiger partial charge in [-0.25, -0.2) is 9.78 Å². The average molecular weight is 469 g/mol. The van der Waals surface area contributed by atoms with E-state index < -0.39 is 0 Å². The van der Waals surface area contributed by atoms with Gasteiger partial charge in [-0.05, 0) is 55.2 Å². The Morgan fingerprint density at radius 1 is 1.06 bits per heavy atom. The molecule has 0 spiro atoms. The molecule has 0 bridgehead atoms. The minimum Gasteiger partial charge on any atom is -0.447 e. The molecule has 0 unspecified atom stereocenters. The lowest BCUT2D eigenvalue weighted by atomic mass is 9.98. The minimum atomic E-state index is -0.199. The molecule has 0 N–H and O–H groups in total. The van der Waals surface area contributed by atoms with Crippen LogP contribution in [0, 0.1) is 18.3 Å². The molecule has 178 valence electrons. The molecule has 3 aromatic rings. The quantitative estimate of drug-likeness (QED) is 0.494. The van der Waals surface area contributed by atoms with Gasteiger partial charge in [0.2, 0.25) is 5.88 Å². The Labute approximate surface area is 205 Å². The number of aromatic nitrogens is 1. The molecule has 0 saturated carbocycles. The lowest BCUT2D eigenvalue weighted by Gasteiger charge is -2.38. The van der Waals surface area contributed by atoms with Crippen LogP contribution in [0.3, 0.4) is 0 Å². The number of pyridine rings is 1. The van der Waals surface area contributed by atoms with Crippen molar-refractivity contribution in [2.75, 3.05) is 19.7 Å². The molecule has 2 fully saturated rings. The molecule has 3 heterocycles. The van der Waals surface area contributed by atoms with Gasteiger partial charge in [0.05, 0.1) is 17.7 Å². The van der Waals surface area contributed by atoms with Crippen LogP contribution in [0.15, 0.2) is 66.7 Å². The van der Waals surface area contributed by atoms with Gasteiger partial charge in [0.25, 0.3) is 0 Å². The third-order valence-corrected chi connectivity index (χ3v) is 6.82. The van der Waals surface area contributed by atoms with Gasteiger partial charge in [0.15, 0.2) is 0 Å². The molecule has 35 heavy (non-hydrogen) atoms. The van der Waals surface area contributed by atoms with E-state index in [0.717, 1.165) is 43.7 Å². The summed E-state index contributed by atoms with van der Waals surface area (Å²) in [4.78, 5) is 21.5. The number of ether oxygens (including phenoxy) is 2. The van der Waals surface area contributed by atoms with Gasteiger partial charge in [-0.3, -0.25) is 9.80 Å². The maximum absolute atomic E-state index is 12.5. The topological polar surface area (TPSA) is 78.7 Å². The molecule has 2 aromatic carbocycles. The van der Waals surface area contributed by atoms with E-state index in [9.17, 15) is 4.79 Å². The molecule has 2 aliphatic heterocycles. The van der Waals surface area contributed by atoms with E-state index in [2.05, 4.69) is 34.2 Å².